The Balaban J connectivity index is 1.89. The Bertz CT molecular complexity index is 612. The molecule has 1 heterocycles. The summed E-state index contributed by atoms with van der Waals surface area (Å²) in [4.78, 5) is 29.2. The van der Waals surface area contributed by atoms with Gasteiger partial charge in [0.2, 0.25) is 11.8 Å². The van der Waals surface area contributed by atoms with E-state index in [0.717, 1.165) is 63.4 Å². The van der Waals surface area contributed by atoms with Gasteiger partial charge in [-0.15, -0.1) is 0 Å². The Morgan fingerprint density at radius 1 is 1.14 bits per heavy atom. The van der Waals surface area contributed by atoms with Crippen molar-refractivity contribution in [1.82, 2.24) is 4.90 Å². The number of benzene rings is 1. The van der Waals surface area contributed by atoms with Crippen LogP contribution < -0.4 is 10.2 Å². The molecule has 1 aliphatic heterocycles. The third-order valence-electron chi connectivity index (χ3n) is 5.30. The first-order valence-corrected chi connectivity index (χ1v) is 10.6. The minimum atomic E-state index is -0.153. The molecule has 6 heteroatoms. The fourth-order valence-corrected chi connectivity index (χ4v) is 3.51. The number of carbonyl (C=O) groups excluding carboxylic acids is 2. The zero-order valence-electron chi connectivity index (χ0n) is 17.6. The molecule has 1 unspecified atom stereocenters. The number of unbranched alkanes of at least 4 members (excludes halogenated alkanes) is 1. The van der Waals surface area contributed by atoms with Crippen molar-refractivity contribution < 1.29 is 14.3 Å². The molecule has 28 heavy (non-hydrogen) atoms. The normalized spacial score (nSPS) is 15.2. The number of hydrogen-bond acceptors (Lipinski definition) is 4. The average molecular weight is 390 g/mol. The topological polar surface area (TPSA) is 61.9 Å². The van der Waals surface area contributed by atoms with Gasteiger partial charge in [-0.3, -0.25) is 9.59 Å². The fourth-order valence-electron chi connectivity index (χ4n) is 3.51. The number of rotatable bonds is 10. The van der Waals surface area contributed by atoms with E-state index in [4.69, 9.17) is 4.74 Å². The van der Waals surface area contributed by atoms with Gasteiger partial charge in [0, 0.05) is 36.9 Å². The number of nitrogens with zero attached hydrogens (tertiary/aromatic N) is 2. The molecule has 0 spiro atoms. The lowest BCUT2D eigenvalue weighted by atomic mass is 9.97. The van der Waals surface area contributed by atoms with Crippen molar-refractivity contribution in [3.63, 3.8) is 0 Å². The van der Waals surface area contributed by atoms with Gasteiger partial charge in [-0.05, 0) is 44.0 Å². The van der Waals surface area contributed by atoms with E-state index in [1.54, 1.807) is 4.90 Å². The minimum Gasteiger partial charge on any atom is -0.378 e. The number of hydrogen-bond donors (Lipinski definition) is 1. The highest BCUT2D eigenvalue weighted by atomic mass is 16.5. The summed E-state index contributed by atoms with van der Waals surface area (Å²) in [5.74, 6) is -0.0450. The van der Waals surface area contributed by atoms with E-state index in [2.05, 4.69) is 17.1 Å². The molecule has 1 saturated heterocycles. The van der Waals surface area contributed by atoms with Crippen molar-refractivity contribution in [2.75, 3.05) is 49.6 Å². The quantitative estimate of drug-likeness (QED) is 0.665. The van der Waals surface area contributed by atoms with Crippen LogP contribution in [0.1, 0.15) is 46.5 Å². The largest absolute Gasteiger partial charge is 0.378 e. The van der Waals surface area contributed by atoms with Crippen molar-refractivity contribution in [3.05, 3.63) is 24.3 Å². The molecule has 1 N–H and O–H groups in total. The molecular weight excluding hydrogens is 354 g/mol. The highest BCUT2D eigenvalue weighted by Crippen LogP contribution is 2.19. The van der Waals surface area contributed by atoms with E-state index in [-0.39, 0.29) is 24.3 Å². The van der Waals surface area contributed by atoms with Crippen molar-refractivity contribution >= 4 is 23.2 Å². The van der Waals surface area contributed by atoms with Crippen molar-refractivity contribution in [3.8, 4) is 0 Å². The Morgan fingerprint density at radius 2 is 1.82 bits per heavy atom. The summed E-state index contributed by atoms with van der Waals surface area (Å²) in [7, 11) is 0. The van der Waals surface area contributed by atoms with Gasteiger partial charge in [0.25, 0.3) is 0 Å². The maximum atomic E-state index is 12.7. The number of amides is 2. The van der Waals surface area contributed by atoms with Gasteiger partial charge in [0.1, 0.15) is 0 Å². The van der Waals surface area contributed by atoms with E-state index in [9.17, 15) is 9.59 Å². The third-order valence-corrected chi connectivity index (χ3v) is 5.30. The van der Waals surface area contributed by atoms with Crippen molar-refractivity contribution in [2.24, 2.45) is 5.92 Å². The van der Waals surface area contributed by atoms with Crippen LogP contribution in [0.3, 0.4) is 0 Å². The Kier molecular flexibility index (Phi) is 9.28. The zero-order chi connectivity index (χ0) is 20.4. The molecule has 6 nitrogen and oxygen atoms in total. The second-order valence-electron chi connectivity index (χ2n) is 7.29. The minimum absolute atomic E-state index is 0.0144. The predicted octanol–water partition coefficient (Wildman–Crippen LogP) is 3.53. The van der Waals surface area contributed by atoms with Gasteiger partial charge in [0.15, 0.2) is 0 Å². The maximum Gasteiger partial charge on any atom is 0.243 e. The second-order valence-corrected chi connectivity index (χ2v) is 7.29. The van der Waals surface area contributed by atoms with Crippen molar-refractivity contribution in [2.45, 2.75) is 46.5 Å². The van der Waals surface area contributed by atoms with E-state index in [1.165, 1.54) is 0 Å². The van der Waals surface area contributed by atoms with E-state index in [1.807, 2.05) is 38.1 Å². The smallest absolute Gasteiger partial charge is 0.243 e. The summed E-state index contributed by atoms with van der Waals surface area (Å²) in [6.07, 6.45) is 3.84. The second kappa shape index (κ2) is 11.7. The average Bonchev–Trinajstić information content (AvgIpc) is 2.73. The molecule has 1 aromatic carbocycles. The van der Waals surface area contributed by atoms with Crippen LogP contribution in [0.2, 0.25) is 0 Å². The summed E-state index contributed by atoms with van der Waals surface area (Å²) in [5, 5.41) is 2.92. The number of anilines is 2. The maximum absolute atomic E-state index is 12.7. The molecule has 1 atom stereocenters. The van der Waals surface area contributed by atoms with Gasteiger partial charge in [-0.25, -0.2) is 0 Å². The van der Waals surface area contributed by atoms with E-state index in [0.29, 0.717) is 6.54 Å². The van der Waals surface area contributed by atoms with Crippen LogP contribution in [0.25, 0.3) is 0 Å². The molecule has 2 rings (SSSR count). The number of ether oxygens (including phenoxy) is 1. The molecule has 1 aromatic rings. The van der Waals surface area contributed by atoms with Gasteiger partial charge < -0.3 is 19.9 Å². The number of morpholine rings is 1. The first-order valence-electron chi connectivity index (χ1n) is 10.6. The summed E-state index contributed by atoms with van der Waals surface area (Å²) in [6.45, 7) is 10.0. The summed E-state index contributed by atoms with van der Waals surface area (Å²) in [6, 6.07) is 7.86. The third kappa shape index (κ3) is 6.51. The summed E-state index contributed by atoms with van der Waals surface area (Å²) >= 11 is 0. The van der Waals surface area contributed by atoms with Gasteiger partial charge in [-0.2, -0.15) is 0 Å². The van der Waals surface area contributed by atoms with Crippen molar-refractivity contribution in [1.29, 1.82) is 0 Å². The molecular formula is C22H35N3O3. The SMILES string of the molecule is CCCCC(CC)C(=O)N(CC)CC(=O)Nc1ccc(N2CCOCC2)cc1. The van der Waals surface area contributed by atoms with E-state index < -0.39 is 0 Å². The van der Waals surface area contributed by atoms with Gasteiger partial charge in [0.05, 0.1) is 19.8 Å². The predicted molar refractivity (Wildman–Crippen MR) is 114 cm³/mol. The summed E-state index contributed by atoms with van der Waals surface area (Å²) in [5.41, 5.74) is 1.89. The van der Waals surface area contributed by atoms with Crippen LogP contribution in [0.5, 0.6) is 0 Å². The molecule has 0 aliphatic carbocycles. The lowest BCUT2D eigenvalue weighted by Gasteiger charge is -2.29. The van der Waals surface area contributed by atoms with Crippen LogP contribution in [0.15, 0.2) is 24.3 Å². The lowest BCUT2D eigenvalue weighted by Crippen LogP contribution is -2.41. The molecule has 2 amide bonds. The molecule has 0 saturated carbocycles. The zero-order valence-corrected chi connectivity index (χ0v) is 17.6. The highest BCUT2D eigenvalue weighted by molar-refractivity contribution is 5.95. The van der Waals surface area contributed by atoms with Crippen LogP contribution >= 0.6 is 0 Å². The van der Waals surface area contributed by atoms with Crippen LogP contribution in [0, 0.1) is 5.92 Å². The van der Waals surface area contributed by atoms with Crippen LogP contribution in [-0.2, 0) is 14.3 Å². The Labute approximate surface area is 169 Å². The molecule has 0 aromatic heterocycles. The molecule has 1 aliphatic rings. The molecule has 156 valence electrons. The Morgan fingerprint density at radius 3 is 2.39 bits per heavy atom. The van der Waals surface area contributed by atoms with Crippen LogP contribution in [0.4, 0.5) is 11.4 Å². The van der Waals surface area contributed by atoms with Gasteiger partial charge in [-0.1, -0.05) is 26.7 Å². The van der Waals surface area contributed by atoms with Gasteiger partial charge >= 0.3 is 0 Å². The summed E-state index contributed by atoms with van der Waals surface area (Å²) < 4.78 is 5.38. The number of likely N-dealkylation sites (N-methyl/N-ethyl adjacent to an activating group) is 1. The highest BCUT2D eigenvalue weighted by Gasteiger charge is 2.23. The lowest BCUT2D eigenvalue weighted by molar-refractivity contribution is -0.138. The van der Waals surface area contributed by atoms with Crippen LogP contribution in [-0.4, -0.2) is 56.1 Å². The Hall–Kier alpha value is -2.08. The molecule has 0 bridgehead atoms. The number of nitrogens with one attached hydrogen (secondary N) is 1. The molecule has 0 radical (unpaired) electrons. The fraction of sp³-hybridized carbons (Fsp3) is 0.636. The first kappa shape index (κ1) is 22.2. The molecule has 1 fully saturated rings. The monoisotopic (exact) mass is 389 g/mol. The standard InChI is InChI=1S/C22H35N3O3/c1-4-7-8-18(5-2)22(27)24(6-3)17-21(26)23-19-9-11-20(12-10-19)25-13-15-28-16-14-25/h9-12,18H,4-8,13-17H2,1-3H3,(H,23,26). The first-order chi connectivity index (χ1) is 13.6. The van der Waals surface area contributed by atoms with E-state index >= 15 is 0 Å². The number of carbonyl (C=O) groups is 2.